The number of carbonyl (C=O) groups is 2. The fourth-order valence-electron chi connectivity index (χ4n) is 3.18. The van der Waals surface area contributed by atoms with Crippen LogP contribution in [0.4, 0.5) is 5.00 Å². The predicted molar refractivity (Wildman–Crippen MR) is 140 cm³/mol. The number of aromatic nitrogens is 3. The quantitative estimate of drug-likeness (QED) is 0.183. The number of methoxy groups -OCH3 is 1. The first-order chi connectivity index (χ1) is 16.7. The molecule has 2 heterocycles. The Morgan fingerprint density at radius 2 is 2.06 bits per heavy atom. The number of allylic oxidation sites excluding steroid dienone is 1. The maximum absolute atomic E-state index is 12.7. The Labute approximate surface area is 221 Å². The Morgan fingerprint density at radius 3 is 2.71 bits per heavy atom. The van der Waals surface area contributed by atoms with Gasteiger partial charge in [-0.1, -0.05) is 41.0 Å². The number of thioether (sulfide) groups is 1. The van der Waals surface area contributed by atoms with Crippen LogP contribution in [-0.2, 0) is 16.1 Å². The van der Waals surface area contributed by atoms with Crippen LogP contribution in [0.3, 0.4) is 0 Å². The molecule has 1 aromatic carbocycles. The van der Waals surface area contributed by atoms with Gasteiger partial charge in [-0.25, -0.2) is 4.79 Å². The van der Waals surface area contributed by atoms with Crippen molar-refractivity contribution in [2.24, 2.45) is 0 Å². The molecule has 1 atom stereocenters. The number of nitrogens with zero attached hydrogens (tertiary/aromatic N) is 3. The number of aryl methyl sites for hydroxylation is 1. The third-order valence-electron chi connectivity index (χ3n) is 4.98. The van der Waals surface area contributed by atoms with Gasteiger partial charge in [-0.2, -0.15) is 0 Å². The molecule has 0 fully saturated rings. The molecule has 0 aliphatic carbocycles. The molecule has 0 spiro atoms. The zero-order chi connectivity index (χ0) is 25.7. The van der Waals surface area contributed by atoms with Crippen molar-refractivity contribution in [3.05, 3.63) is 62.7 Å². The Kier molecular flexibility index (Phi) is 9.23. The van der Waals surface area contributed by atoms with Crippen LogP contribution in [0.2, 0.25) is 10.0 Å². The van der Waals surface area contributed by atoms with E-state index in [1.165, 1.54) is 30.2 Å². The first-order valence-corrected chi connectivity index (χ1v) is 13.0. The molecule has 0 bridgehead atoms. The summed E-state index contributed by atoms with van der Waals surface area (Å²) in [5.41, 5.74) is 1.16. The first kappa shape index (κ1) is 27.1. The number of ether oxygens (including phenoxy) is 2. The number of hydrogen-bond donors (Lipinski definition) is 1. The molecule has 0 radical (unpaired) electrons. The van der Waals surface area contributed by atoms with Crippen LogP contribution in [0.15, 0.2) is 36.0 Å². The smallest absolute Gasteiger partial charge is 0.341 e. The summed E-state index contributed by atoms with van der Waals surface area (Å²) in [5.74, 6) is 0.308. The molecule has 12 heteroatoms. The second kappa shape index (κ2) is 11.9. The molecule has 0 saturated heterocycles. The fourth-order valence-corrected chi connectivity index (χ4v) is 5.45. The number of nitrogens with one attached hydrogen (secondary N) is 1. The van der Waals surface area contributed by atoms with E-state index in [1.807, 2.05) is 25.3 Å². The van der Waals surface area contributed by atoms with Crippen LogP contribution in [0, 0.1) is 13.8 Å². The number of thiophene rings is 1. The van der Waals surface area contributed by atoms with Crippen molar-refractivity contribution in [1.82, 2.24) is 14.8 Å². The van der Waals surface area contributed by atoms with Gasteiger partial charge in [0.1, 0.15) is 10.8 Å². The molecule has 8 nitrogen and oxygen atoms in total. The Hall–Kier alpha value is -2.53. The van der Waals surface area contributed by atoms with E-state index in [0.717, 1.165) is 10.4 Å². The fraction of sp³-hybridized carbons (Fsp3) is 0.304. The van der Waals surface area contributed by atoms with Gasteiger partial charge < -0.3 is 14.8 Å². The van der Waals surface area contributed by atoms with Gasteiger partial charge in [-0.05, 0) is 44.5 Å². The van der Waals surface area contributed by atoms with Gasteiger partial charge in [0.15, 0.2) is 17.1 Å². The van der Waals surface area contributed by atoms with Gasteiger partial charge in [-0.15, -0.1) is 28.1 Å². The topological polar surface area (TPSA) is 95.3 Å². The molecule has 0 aliphatic rings. The molecule has 1 amide bonds. The highest BCUT2D eigenvalue weighted by atomic mass is 35.5. The van der Waals surface area contributed by atoms with E-state index < -0.39 is 12.1 Å². The number of rotatable bonds is 10. The lowest BCUT2D eigenvalue weighted by molar-refractivity contribution is -0.113. The Balaban J connectivity index is 1.72. The molecule has 0 aliphatic heterocycles. The SMILES string of the molecule is C=CCn1c(SCC(=O)Nc2sc(C)c(C)c2C(=O)OC)nnc1C(C)Oc1ccc(Cl)cc1Cl. The summed E-state index contributed by atoms with van der Waals surface area (Å²) in [5, 5.41) is 13.2. The molecule has 2 aromatic heterocycles. The van der Waals surface area contributed by atoms with Crippen LogP contribution < -0.4 is 10.1 Å². The standard InChI is InChI=1S/C23H24Cl2N4O4S2/c1-6-9-29-20(13(3)33-17-8-7-15(24)10-16(17)25)27-28-23(29)34-11-18(30)26-21-19(22(31)32-5)12(2)14(4)35-21/h6-8,10,13H,1,9,11H2,2-5H3,(H,26,30). The number of benzene rings is 1. The zero-order valence-corrected chi connectivity index (χ0v) is 22.7. The van der Waals surface area contributed by atoms with Gasteiger partial charge >= 0.3 is 5.97 Å². The lowest BCUT2D eigenvalue weighted by Crippen LogP contribution is -2.17. The molecular formula is C23H24Cl2N4O4S2. The van der Waals surface area contributed by atoms with Crippen molar-refractivity contribution in [2.75, 3.05) is 18.2 Å². The van der Waals surface area contributed by atoms with Crippen LogP contribution >= 0.6 is 46.3 Å². The monoisotopic (exact) mass is 554 g/mol. The second-order valence-corrected chi connectivity index (χ2v) is 10.4. The molecule has 186 valence electrons. The van der Waals surface area contributed by atoms with Crippen molar-refractivity contribution < 1.29 is 19.1 Å². The molecule has 3 rings (SSSR count). The van der Waals surface area contributed by atoms with E-state index in [4.69, 9.17) is 32.7 Å². The minimum absolute atomic E-state index is 0.0597. The van der Waals surface area contributed by atoms with Crippen LogP contribution in [0.5, 0.6) is 5.75 Å². The summed E-state index contributed by atoms with van der Waals surface area (Å²) < 4.78 is 12.6. The summed E-state index contributed by atoms with van der Waals surface area (Å²) in [6.07, 6.45) is 1.22. The summed E-state index contributed by atoms with van der Waals surface area (Å²) in [6, 6.07) is 4.97. The average molecular weight is 556 g/mol. The van der Waals surface area contributed by atoms with Crippen molar-refractivity contribution in [3.8, 4) is 5.75 Å². The van der Waals surface area contributed by atoms with E-state index in [-0.39, 0.29) is 11.7 Å². The number of amides is 1. The van der Waals surface area contributed by atoms with E-state index in [0.29, 0.717) is 43.9 Å². The van der Waals surface area contributed by atoms with Crippen molar-refractivity contribution >= 4 is 63.2 Å². The van der Waals surface area contributed by atoms with Crippen molar-refractivity contribution in [3.63, 3.8) is 0 Å². The second-order valence-electron chi connectivity index (χ2n) is 7.39. The first-order valence-electron chi connectivity index (χ1n) is 10.4. The van der Waals surface area contributed by atoms with Gasteiger partial charge in [0.2, 0.25) is 5.91 Å². The maximum atomic E-state index is 12.7. The van der Waals surface area contributed by atoms with Gasteiger partial charge in [-0.3, -0.25) is 9.36 Å². The Morgan fingerprint density at radius 1 is 1.31 bits per heavy atom. The average Bonchev–Trinajstić information content (AvgIpc) is 3.34. The van der Waals surface area contributed by atoms with Gasteiger partial charge in [0.05, 0.1) is 23.4 Å². The number of anilines is 1. The van der Waals surface area contributed by atoms with E-state index >= 15 is 0 Å². The van der Waals surface area contributed by atoms with Crippen molar-refractivity contribution in [2.45, 2.75) is 38.6 Å². The lowest BCUT2D eigenvalue weighted by atomic mass is 10.1. The molecule has 1 N–H and O–H groups in total. The number of carbonyl (C=O) groups excluding carboxylic acids is 2. The molecule has 3 aromatic rings. The van der Waals surface area contributed by atoms with Crippen molar-refractivity contribution in [1.29, 1.82) is 0 Å². The van der Waals surface area contributed by atoms with Crippen LogP contribution in [0.25, 0.3) is 0 Å². The lowest BCUT2D eigenvalue weighted by Gasteiger charge is -2.16. The number of halogens is 2. The van der Waals surface area contributed by atoms with E-state index in [2.05, 4.69) is 22.1 Å². The van der Waals surface area contributed by atoms with Crippen LogP contribution in [0.1, 0.15) is 39.7 Å². The third-order valence-corrected chi connectivity index (χ3v) is 7.60. The summed E-state index contributed by atoms with van der Waals surface area (Å²) in [6.45, 7) is 9.75. The molecule has 0 saturated carbocycles. The third kappa shape index (κ3) is 6.38. The molecule has 35 heavy (non-hydrogen) atoms. The number of esters is 1. The van der Waals surface area contributed by atoms with Crippen LogP contribution in [-0.4, -0.2) is 39.5 Å². The minimum atomic E-state index is -0.486. The zero-order valence-electron chi connectivity index (χ0n) is 19.6. The minimum Gasteiger partial charge on any atom is -0.481 e. The summed E-state index contributed by atoms with van der Waals surface area (Å²) in [4.78, 5) is 25.8. The summed E-state index contributed by atoms with van der Waals surface area (Å²) in [7, 11) is 1.31. The highest BCUT2D eigenvalue weighted by molar-refractivity contribution is 7.99. The van der Waals surface area contributed by atoms with Gasteiger partial charge in [0, 0.05) is 16.4 Å². The van der Waals surface area contributed by atoms with E-state index in [1.54, 1.807) is 24.3 Å². The molecular weight excluding hydrogens is 531 g/mol. The Bertz CT molecular complexity index is 1260. The molecule has 1 unspecified atom stereocenters. The maximum Gasteiger partial charge on any atom is 0.341 e. The highest BCUT2D eigenvalue weighted by Crippen LogP contribution is 2.34. The largest absolute Gasteiger partial charge is 0.481 e. The number of hydrogen-bond acceptors (Lipinski definition) is 8. The highest BCUT2D eigenvalue weighted by Gasteiger charge is 2.23. The van der Waals surface area contributed by atoms with E-state index in [9.17, 15) is 9.59 Å². The normalized spacial score (nSPS) is 11.7. The summed E-state index contributed by atoms with van der Waals surface area (Å²) >= 11 is 14.7. The van der Waals surface area contributed by atoms with Gasteiger partial charge in [0.25, 0.3) is 0 Å². The predicted octanol–water partition coefficient (Wildman–Crippen LogP) is 6.11.